The SMILES string of the molecule is CCCCCN(CCC(=O)OC)C(=O)CCOc1ccccc1. The van der Waals surface area contributed by atoms with Crippen molar-refractivity contribution in [2.24, 2.45) is 0 Å². The van der Waals surface area contributed by atoms with Gasteiger partial charge in [0.1, 0.15) is 5.75 Å². The molecule has 23 heavy (non-hydrogen) atoms. The van der Waals surface area contributed by atoms with E-state index in [4.69, 9.17) is 4.74 Å². The number of carbonyl (C=O) groups excluding carboxylic acids is 2. The molecule has 5 heteroatoms. The zero-order valence-electron chi connectivity index (χ0n) is 14.1. The van der Waals surface area contributed by atoms with E-state index in [-0.39, 0.29) is 18.3 Å². The topological polar surface area (TPSA) is 55.8 Å². The molecule has 0 aliphatic rings. The lowest BCUT2D eigenvalue weighted by Gasteiger charge is -2.22. The summed E-state index contributed by atoms with van der Waals surface area (Å²) in [5.74, 6) is 0.479. The molecule has 0 saturated heterocycles. The van der Waals surface area contributed by atoms with Crippen LogP contribution in [0.3, 0.4) is 0 Å². The van der Waals surface area contributed by atoms with Gasteiger partial charge < -0.3 is 14.4 Å². The number of hydrogen-bond acceptors (Lipinski definition) is 4. The van der Waals surface area contributed by atoms with E-state index in [0.717, 1.165) is 25.0 Å². The molecule has 0 aliphatic carbocycles. The fraction of sp³-hybridized carbons (Fsp3) is 0.556. The van der Waals surface area contributed by atoms with Crippen molar-refractivity contribution in [3.63, 3.8) is 0 Å². The first-order valence-electron chi connectivity index (χ1n) is 8.19. The van der Waals surface area contributed by atoms with Gasteiger partial charge in [-0.15, -0.1) is 0 Å². The molecule has 0 N–H and O–H groups in total. The number of unbranched alkanes of at least 4 members (excludes halogenated alkanes) is 2. The number of nitrogens with zero attached hydrogens (tertiary/aromatic N) is 1. The van der Waals surface area contributed by atoms with Crippen molar-refractivity contribution < 1.29 is 19.1 Å². The summed E-state index contributed by atoms with van der Waals surface area (Å²) in [5, 5.41) is 0. The number of benzene rings is 1. The summed E-state index contributed by atoms with van der Waals surface area (Å²) in [5.41, 5.74) is 0. The number of methoxy groups -OCH3 is 1. The standard InChI is InChI=1S/C18H27NO4/c1-3-4-8-13-19(14-11-18(21)22-2)17(20)12-15-23-16-9-6-5-7-10-16/h5-7,9-10H,3-4,8,11-15H2,1-2H3. The lowest BCUT2D eigenvalue weighted by Crippen LogP contribution is -2.34. The van der Waals surface area contributed by atoms with E-state index >= 15 is 0 Å². The van der Waals surface area contributed by atoms with Crippen LogP contribution >= 0.6 is 0 Å². The van der Waals surface area contributed by atoms with Gasteiger partial charge in [-0.3, -0.25) is 9.59 Å². The van der Waals surface area contributed by atoms with Crippen molar-refractivity contribution in [1.82, 2.24) is 4.90 Å². The lowest BCUT2D eigenvalue weighted by atomic mass is 10.2. The molecular formula is C18H27NO4. The Labute approximate surface area is 138 Å². The molecule has 0 unspecified atom stereocenters. The van der Waals surface area contributed by atoms with Crippen molar-refractivity contribution in [1.29, 1.82) is 0 Å². The quantitative estimate of drug-likeness (QED) is 0.464. The van der Waals surface area contributed by atoms with E-state index in [2.05, 4.69) is 11.7 Å². The van der Waals surface area contributed by atoms with Gasteiger partial charge in [-0.1, -0.05) is 38.0 Å². The van der Waals surface area contributed by atoms with Crippen LogP contribution in [0.5, 0.6) is 5.75 Å². The highest BCUT2D eigenvalue weighted by molar-refractivity contribution is 5.77. The predicted molar refractivity (Wildman–Crippen MR) is 89.3 cm³/mol. The number of carbonyl (C=O) groups is 2. The van der Waals surface area contributed by atoms with Crippen LogP contribution in [0.2, 0.25) is 0 Å². The summed E-state index contributed by atoms with van der Waals surface area (Å²) in [6.45, 7) is 3.54. The van der Waals surface area contributed by atoms with Gasteiger partial charge in [0.25, 0.3) is 0 Å². The summed E-state index contributed by atoms with van der Waals surface area (Å²) in [6, 6.07) is 9.43. The van der Waals surface area contributed by atoms with Gasteiger partial charge >= 0.3 is 5.97 Å². The second-order valence-corrected chi connectivity index (χ2v) is 5.33. The molecule has 0 fully saturated rings. The average molecular weight is 321 g/mol. The number of amides is 1. The highest BCUT2D eigenvalue weighted by Gasteiger charge is 2.15. The molecule has 0 heterocycles. The van der Waals surface area contributed by atoms with Crippen molar-refractivity contribution in [2.45, 2.75) is 39.0 Å². The highest BCUT2D eigenvalue weighted by Crippen LogP contribution is 2.09. The summed E-state index contributed by atoms with van der Waals surface area (Å²) >= 11 is 0. The normalized spacial score (nSPS) is 10.2. The average Bonchev–Trinajstić information content (AvgIpc) is 2.58. The van der Waals surface area contributed by atoms with E-state index < -0.39 is 0 Å². The number of para-hydroxylation sites is 1. The van der Waals surface area contributed by atoms with Crippen LogP contribution in [0.4, 0.5) is 0 Å². The fourth-order valence-electron chi connectivity index (χ4n) is 2.17. The smallest absolute Gasteiger partial charge is 0.307 e. The van der Waals surface area contributed by atoms with E-state index in [1.807, 2.05) is 30.3 Å². The van der Waals surface area contributed by atoms with Crippen molar-refractivity contribution >= 4 is 11.9 Å². The Balaban J connectivity index is 2.40. The third kappa shape index (κ3) is 8.24. The lowest BCUT2D eigenvalue weighted by molar-refractivity contribution is -0.141. The van der Waals surface area contributed by atoms with Gasteiger partial charge in [0.2, 0.25) is 5.91 Å². The van der Waals surface area contributed by atoms with Gasteiger partial charge in [-0.25, -0.2) is 0 Å². The number of rotatable bonds is 11. The van der Waals surface area contributed by atoms with Gasteiger partial charge in [-0.2, -0.15) is 0 Å². The Hall–Kier alpha value is -2.04. The molecule has 5 nitrogen and oxygen atoms in total. The van der Waals surface area contributed by atoms with Gasteiger partial charge in [0.05, 0.1) is 26.6 Å². The molecule has 0 aliphatic heterocycles. The van der Waals surface area contributed by atoms with Crippen LogP contribution in [-0.2, 0) is 14.3 Å². The first-order valence-corrected chi connectivity index (χ1v) is 8.19. The number of esters is 1. The van der Waals surface area contributed by atoms with Gasteiger partial charge in [0.15, 0.2) is 0 Å². The molecule has 1 rings (SSSR count). The maximum absolute atomic E-state index is 12.3. The van der Waals surface area contributed by atoms with Gasteiger partial charge in [0, 0.05) is 13.1 Å². The van der Waals surface area contributed by atoms with E-state index in [1.165, 1.54) is 7.11 Å². The van der Waals surface area contributed by atoms with E-state index in [1.54, 1.807) is 4.90 Å². The fourth-order valence-corrected chi connectivity index (χ4v) is 2.17. The zero-order valence-corrected chi connectivity index (χ0v) is 14.1. The molecule has 0 saturated carbocycles. The third-order valence-electron chi connectivity index (χ3n) is 3.53. The second kappa shape index (κ2) is 11.5. The molecule has 128 valence electrons. The van der Waals surface area contributed by atoms with Crippen molar-refractivity contribution in [3.05, 3.63) is 30.3 Å². The van der Waals surface area contributed by atoms with Crippen LogP contribution in [0.25, 0.3) is 0 Å². The Bertz CT molecular complexity index is 461. The molecule has 0 atom stereocenters. The van der Waals surface area contributed by atoms with Crippen LogP contribution in [0.1, 0.15) is 39.0 Å². The van der Waals surface area contributed by atoms with Crippen LogP contribution < -0.4 is 4.74 Å². The second-order valence-electron chi connectivity index (χ2n) is 5.33. The molecule has 1 aromatic carbocycles. The van der Waals surface area contributed by atoms with Crippen LogP contribution in [0.15, 0.2) is 30.3 Å². The Kier molecular flexibility index (Phi) is 9.52. The first kappa shape index (κ1) is 19.0. The van der Waals surface area contributed by atoms with Crippen molar-refractivity contribution in [3.8, 4) is 5.75 Å². The van der Waals surface area contributed by atoms with Crippen molar-refractivity contribution in [2.75, 3.05) is 26.8 Å². The minimum atomic E-state index is -0.293. The summed E-state index contributed by atoms with van der Waals surface area (Å²) in [7, 11) is 1.36. The van der Waals surface area contributed by atoms with Crippen LogP contribution in [0, 0.1) is 0 Å². The van der Waals surface area contributed by atoms with E-state index in [9.17, 15) is 9.59 Å². The minimum Gasteiger partial charge on any atom is -0.493 e. The molecule has 1 aromatic rings. The summed E-state index contributed by atoms with van der Waals surface area (Å²) < 4.78 is 10.2. The molecule has 0 aromatic heterocycles. The maximum Gasteiger partial charge on any atom is 0.307 e. The van der Waals surface area contributed by atoms with E-state index in [0.29, 0.717) is 26.1 Å². The Morgan fingerprint density at radius 2 is 1.78 bits per heavy atom. The highest BCUT2D eigenvalue weighted by atomic mass is 16.5. The summed E-state index contributed by atoms with van der Waals surface area (Å²) in [6.07, 6.45) is 3.65. The number of ether oxygens (including phenoxy) is 2. The summed E-state index contributed by atoms with van der Waals surface area (Å²) in [4.78, 5) is 25.3. The molecule has 0 radical (unpaired) electrons. The molecule has 0 bridgehead atoms. The van der Waals surface area contributed by atoms with Gasteiger partial charge in [-0.05, 0) is 18.6 Å². The monoisotopic (exact) mass is 321 g/mol. The molecule has 1 amide bonds. The first-order chi connectivity index (χ1) is 11.2. The van der Waals surface area contributed by atoms with Crippen LogP contribution in [-0.4, -0.2) is 43.6 Å². The zero-order chi connectivity index (χ0) is 16.9. The number of hydrogen-bond donors (Lipinski definition) is 0. The Morgan fingerprint density at radius 1 is 1.04 bits per heavy atom. The molecule has 0 spiro atoms. The maximum atomic E-state index is 12.3. The molecular weight excluding hydrogens is 294 g/mol. The minimum absolute atomic E-state index is 0.0148. The third-order valence-corrected chi connectivity index (χ3v) is 3.53. The largest absolute Gasteiger partial charge is 0.493 e. The Morgan fingerprint density at radius 3 is 2.43 bits per heavy atom. The predicted octanol–water partition coefficient (Wildman–Crippen LogP) is 3.04.